The number of carbonyl (C=O) groups is 2. The van der Waals surface area contributed by atoms with Crippen LogP contribution < -0.4 is 4.90 Å². The van der Waals surface area contributed by atoms with Crippen molar-refractivity contribution in [1.29, 1.82) is 0 Å². The Morgan fingerprint density at radius 1 is 1.21 bits per heavy atom. The molecule has 0 unspecified atom stereocenters. The topological polar surface area (TPSA) is 37.4 Å². The van der Waals surface area contributed by atoms with E-state index in [-0.39, 0.29) is 24.6 Å². The Balaban J connectivity index is 2.71. The summed E-state index contributed by atoms with van der Waals surface area (Å²) in [6.45, 7) is 0.0653. The number of carbonyl (C=O) groups excluding carboxylic acids is 2. The number of alkyl halides is 3. The monoisotopic (exact) mass is 289 g/mol. The van der Waals surface area contributed by atoms with E-state index in [0.717, 1.165) is 4.90 Å². The maximum absolute atomic E-state index is 12.5. The number of anilines is 1. The third-order valence-electron chi connectivity index (χ3n) is 2.51. The summed E-state index contributed by atoms with van der Waals surface area (Å²) in [4.78, 5) is 23.5. The second-order valence-electron chi connectivity index (χ2n) is 3.90. The summed E-state index contributed by atoms with van der Waals surface area (Å²) < 4.78 is 25.1. The predicted octanol–water partition coefficient (Wildman–Crippen LogP) is 2.87. The first kappa shape index (κ1) is 15.6. The van der Waals surface area contributed by atoms with Crippen molar-refractivity contribution in [3.63, 3.8) is 0 Å². The van der Waals surface area contributed by atoms with Gasteiger partial charge in [-0.2, -0.15) is 8.78 Å². The number of ketones is 1. The molecular weight excluding hydrogens is 276 g/mol. The molecule has 0 N–H and O–H groups in total. The fourth-order valence-corrected chi connectivity index (χ4v) is 1.73. The fourth-order valence-electron chi connectivity index (χ4n) is 1.59. The largest absolute Gasteiger partial charge is 0.316 e. The van der Waals surface area contributed by atoms with Crippen LogP contribution in [0.25, 0.3) is 0 Å². The van der Waals surface area contributed by atoms with E-state index in [0.29, 0.717) is 12.1 Å². The van der Waals surface area contributed by atoms with Crippen LogP contribution in [0.2, 0.25) is 0 Å². The maximum atomic E-state index is 12.5. The van der Waals surface area contributed by atoms with Crippen LogP contribution in [0.15, 0.2) is 30.3 Å². The van der Waals surface area contributed by atoms with Crippen LogP contribution in [0.5, 0.6) is 0 Å². The third kappa shape index (κ3) is 4.95. The van der Waals surface area contributed by atoms with Gasteiger partial charge in [-0.15, -0.1) is 11.6 Å². The Bertz CT molecular complexity index is 426. The number of amides is 1. The van der Waals surface area contributed by atoms with Crippen LogP contribution in [0, 0.1) is 0 Å². The van der Waals surface area contributed by atoms with E-state index in [1.165, 1.54) is 0 Å². The van der Waals surface area contributed by atoms with Gasteiger partial charge in [-0.05, 0) is 18.6 Å². The van der Waals surface area contributed by atoms with Crippen molar-refractivity contribution in [2.45, 2.75) is 19.3 Å². The molecule has 0 spiro atoms. The van der Waals surface area contributed by atoms with E-state index in [2.05, 4.69) is 0 Å². The van der Waals surface area contributed by atoms with E-state index < -0.39 is 12.3 Å². The molecule has 1 aromatic rings. The number of hydrogen-bond acceptors (Lipinski definition) is 2. The molecule has 6 heteroatoms. The van der Waals surface area contributed by atoms with Crippen molar-refractivity contribution in [3.8, 4) is 0 Å². The Kier molecular flexibility index (Phi) is 6.42. The summed E-state index contributed by atoms with van der Waals surface area (Å²) in [6.07, 6.45) is -2.59. The van der Waals surface area contributed by atoms with E-state index in [1.54, 1.807) is 30.3 Å². The van der Waals surface area contributed by atoms with Crippen LogP contribution in [0.4, 0.5) is 14.5 Å². The number of rotatable bonds is 7. The molecule has 0 heterocycles. The summed E-state index contributed by atoms with van der Waals surface area (Å²) >= 11 is 5.35. The second-order valence-corrected chi connectivity index (χ2v) is 4.17. The first-order valence-electron chi connectivity index (χ1n) is 5.78. The standard InChI is InChI=1S/C13H14ClF2NO2/c14-9-11(18)7-4-8-17(13(19)12(15)16)10-5-2-1-3-6-10/h1-3,5-6,12H,4,7-9H2. The SMILES string of the molecule is O=C(CCl)CCCN(C(=O)C(F)F)c1ccccc1. The summed E-state index contributed by atoms with van der Waals surface area (Å²) in [5.41, 5.74) is 0.395. The molecule has 3 nitrogen and oxygen atoms in total. The number of hydrogen-bond donors (Lipinski definition) is 0. The van der Waals surface area contributed by atoms with E-state index in [4.69, 9.17) is 11.6 Å². The number of para-hydroxylation sites is 1. The average molecular weight is 290 g/mol. The van der Waals surface area contributed by atoms with Crippen molar-refractivity contribution in [1.82, 2.24) is 0 Å². The zero-order valence-electron chi connectivity index (χ0n) is 10.2. The number of benzene rings is 1. The fraction of sp³-hybridized carbons (Fsp3) is 0.385. The Morgan fingerprint density at radius 3 is 2.37 bits per heavy atom. The Morgan fingerprint density at radius 2 is 1.84 bits per heavy atom. The molecule has 1 rings (SSSR count). The maximum Gasteiger partial charge on any atom is 0.316 e. The highest BCUT2D eigenvalue weighted by molar-refractivity contribution is 6.27. The molecule has 0 fully saturated rings. The minimum Gasteiger partial charge on any atom is -0.307 e. The molecule has 0 atom stereocenters. The molecule has 19 heavy (non-hydrogen) atoms. The second kappa shape index (κ2) is 7.84. The first-order chi connectivity index (χ1) is 9.06. The smallest absolute Gasteiger partial charge is 0.307 e. The van der Waals surface area contributed by atoms with Crippen LogP contribution >= 0.6 is 11.6 Å². The molecule has 0 radical (unpaired) electrons. The molecule has 0 aliphatic rings. The molecule has 0 aromatic heterocycles. The van der Waals surface area contributed by atoms with Crippen molar-refractivity contribution in [2.24, 2.45) is 0 Å². The van der Waals surface area contributed by atoms with Crippen LogP contribution in [0.1, 0.15) is 12.8 Å². The van der Waals surface area contributed by atoms with Gasteiger partial charge in [0.05, 0.1) is 5.88 Å². The molecule has 0 aliphatic heterocycles. The Hall–Kier alpha value is -1.49. The highest BCUT2D eigenvalue weighted by atomic mass is 35.5. The molecule has 0 aliphatic carbocycles. The van der Waals surface area contributed by atoms with Crippen molar-refractivity contribution in [2.75, 3.05) is 17.3 Å². The third-order valence-corrected chi connectivity index (χ3v) is 2.81. The van der Waals surface area contributed by atoms with Gasteiger partial charge in [-0.25, -0.2) is 0 Å². The predicted molar refractivity (Wildman–Crippen MR) is 69.8 cm³/mol. The quantitative estimate of drug-likeness (QED) is 0.724. The van der Waals surface area contributed by atoms with E-state index >= 15 is 0 Å². The zero-order valence-corrected chi connectivity index (χ0v) is 10.9. The van der Waals surface area contributed by atoms with Crippen molar-refractivity contribution >= 4 is 29.0 Å². The van der Waals surface area contributed by atoms with Gasteiger partial charge >= 0.3 is 6.43 Å². The van der Waals surface area contributed by atoms with Crippen molar-refractivity contribution in [3.05, 3.63) is 30.3 Å². The Labute approximate surface area is 115 Å². The van der Waals surface area contributed by atoms with Gasteiger partial charge in [-0.1, -0.05) is 18.2 Å². The highest BCUT2D eigenvalue weighted by Crippen LogP contribution is 2.17. The van der Waals surface area contributed by atoms with Gasteiger partial charge in [0.2, 0.25) is 0 Å². The normalized spacial score (nSPS) is 10.5. The number of halogens is 3. The molecule has 1 aromatic carbocycles. The average Bonchev–Trinajstić information content (AvgIpc) is 2.43. The van der Waals surface area contributed by atoms with Gasteiger partial charge in [0.1, 0.15) is 5.78 Å². The summed E-state index contributed by atoms with van der Waals surface area (Å²) in [7, 11) is 0. The lowest BCUT2D eigenvalue weighted by Gasteiger charge is -2.22. The van der Waals surface area contributed by atoms with Gasteiger partial charge in [0.25, 0.3) is 5.91 Å². The van der Waals surface area contributed by atoms with Crippen LogP contribution in [-0.4, -0.2) is 30.5 Å². The lowest BCUT2D eigenvalue weighted by atomic mass is 10.2. The molecule has 1 amide bonds. The minimum absolute atomic E-state index is 0.0653. The summed E-state index contributed by atoms with van der Waals surface area (Å²) in [5, 5.41) is 0. The van der Waals surface area contributed by atoms with E-state index in [1.807, 2.05) is 0 Å². The lowest BCUT2D eigenvalue weighted by molar-refractivity contribution is -0.129. The first-order valence-corrected chi connectivity index (χ1v) is 6.32. The summed E-state index contributed by atoms with van der Waals surface area (Å²) in [5.74, 6) is -1.53. The van der Waals surface area contributed by atoms with E-state index in [9.17, 15) is 18.4 Å². The van der Waals surface area contributed by atoms with Gasteiger partial charge in [-0.3, -0.25) is 9.59 Å². The van der Waals surface area contributed by atoms with Gasteiger partial charge in [0, 0.05) is 18.7 Å². The number of nitrogens with zero attached hydrogens (tertiary/aromatic N) is 1. The van der Waals surface area contributed by atoms with Crippen LogP contribution in [-0.2, 0) is 9.59 Å². The lowest BCUT2D eigenvalue weighted by Crippen LogP contribution is -2.36. The highest BCUT2D eigenvalue weighted by Gasteiger charge is 2.24. The molecule has 104 valence electrons. The zero-order chi connectivity index (χ0) is 14.3. The van der Waals surface area contributed by atoms with Gasteiger partial charge in [0.15, 0.2) is 0 Å². The van der Waals surface area contributed by atoms with Gasteiger partial charge < -0.3 is 4.90 Å². The number of Topliss-reactive ketones (excluding diaryl/α,β-unsaturated/α-hetero) is 1. The molecule has 0 saturated heterocycles. The molecule has 0 saturated carbocycles. The molecular formula is C13H14ClF2NO2. The minimum atomic E-state index is -3.07. The summed E-state index contributed by atoms with van der Waals surface area (Å²) in [6, 6.07) is 8.19. The van der Waals surface area contributed by atoms with Crippen LogP contribution in [0.3, 0.4) is 0 Å². The van der Waals surface area contributed by atoms with Crippen molar-refractivity contribution < 1.29 is 18.4 Å². The molecule has 0 bridgehead atoms.